The third kappa shape index (κ3) is 5.06. The monoisotopic (exact) mass is 340 g/mol. The lowest BCUT2D eigenvalue weighted by atomic mass is 10.2. The molecule has 0 aromatic carbocycles. The predicted octanol–water partition coefficient (Wildman–Crippen LogP) is 2.40. The molecule has 1 aliphatic rings. The van der Waals surface area contributed by atoms with Crippen molar-refractivity contribution in [2.45, 2.75) is 52.5 Å². The molecule has 1 aromatic rings. The Bertz CT molecular complexity index is 619. The van der Waals surface area contributed by atoms with Crippen molar-refractivity contribution in [2.24, 2.45) is 0 Å². The summed E-state index contributed by atoms with van der Waals surface area (Å²) in [5.41, 5.74) is 0.896. The minimum absolute atomic E-state index is 0.0206. The molecular weight excluding hydrogens is 312 g/mol. The van der Waals surface area contributed by atoms with Gasteiger partial charge in [-0.05, 0) is 26.7 Å². The summed E-state index contributed by atoms with van der Waals surface area (Å²) < 4.78 is 23.5. The average Bonchev–Trinajstić information content (AvgIpc) is 2.84. The zero-order valence-corrected chi connectivity index (χ0v) is 15.2. The molecule has 0 saturated carbocycles. The maximum absolute atomic E-state index is 11.8. The van der Waals surface area contributed by atoms with Gasteiger partial charge in [-0.2, -0.15) is 4.98 Å². The summed E-state index contributed by atoms with van der Waals surface area (Å²) in [6.07, 6.45) is 4.15. The minimum atomic E-state index is -2.90. The highest BCUT2D eigenvalue weighted by atomic mass is 32.2. The van der Waals surface area contributed by atoms with Crippen LogP contribution in [0, 0.1) is 6.92 Å². The van der Waals surface area contributed by atoms with E-state index in [1.807, 2.05) is 19.9 Å². The Labute approximate surface area is 139 Å². The second kappa shape index (κ2) is 7.95. The van der Waals surface area contributed by atoms with Crippen molar-refractivity contribution in [3.05, 3.63) is 11.8 Å². The molecule has 1 N–H and O–H groups in total. The summed E-state index contributed by atoms with van der Waals surface area (Å²) in [4.78, 5) is 11.1. The van der Waals surface area contributed by atoms with Gasteiger partial charge in [-0.1, -0.05) is 19.8 Å². The molecule has 1 unspecified atom stereocenters. The molecular formula is C16H28N4O2S. The van der Waals surface area contributed by atoms with Crippen LogP contribution in [0.4, 0.5) is 11.8 Å². The van der Waals surface area contributed by atoms with Crippen molar-refractivity contribution in [2.75, 3.05) is 34.8 Å². The van der Waals surface area contributed by atoms with E-state index < -0.39 is 9.84 Å². The highest BCUT2D eigenvalue weighted by Crippen LogP contribution is 2.24. The molecule has 1 fully saturated rings. The standard InChI is InChI=1S/C16H28N4O2S/c1-4-6-7-9-17-16-18-13(3)11-15(19-16)20(5-2)14-8-10-23(21,22)12-14/h11,14H,4-10,12H2,1-3H3,(H,17,18,19). The number of aryl methyl sites for hydroxylation is 1. The number of hydrogen-bond donors (Lipinski definition) is 1. The summed E-state index contributed by atoms with van der Waals surface area (Å²) >= 11 is 0. The number of nitrogens with one attached hydrogen (secondary N) is 1. The molecule has 1 atom stereocenters. The van der Waals surface area contributed by atoms with Crippen LogP contribution in [-0.4, -0.2) is 49.0 Å². The third-order valence-corrected chi connectivity index (χ3v) is 5.94. The second-order valence-electron chi connectivity index (χ2n) is 6.17. The zero-order valence-electron chi connectivity index (χ0n) is 14.4. The van der Waals surface area contributed by atoms with Crippen LogP contribution in [-0.2, 0) is 9.84 Å². The van der Waals surface area contributed by atoms with Crippen LogP contribution in [0.2, 0.25) is 0 Å². The van der Waals surface area contributed by atoms with Gasteiger partial charge in [0.15, 0.2) is 9.84 Å². The SMILES string of the molecule is CCCCCNc1nc(C)cc(N(CC)C2CCS(=O)(=O)C2)n1. The van der Waals surface area contributed by atoms with Crippen LogP contribution >= 0.6 is 0 Å². The lowest BCUT2D eigenvalue weighted by Gasteiger charge is -2.28. The Balaban J connectivity index is 2.12. The lowest BCUT2D eigenvalue weighted by Crippen LogP contribution is -2.37. The number of nitrogens with zero attached hydrogens (tertiary/aromatic N) is 3. The molecule has 0 amide bonds. The predicted molar refractivity (Wildman–Crippen MR) is 94.9 cm³/mol. The van der Waals surface area contributed by atoms with Crippen LogP contribution in [0.1, 0.15) is 45.2 Å². The fourth-order valence-corrected chi connectivity index (χ4v) is 4.71. The molecule has 2 heterocycles. The van der Waals surface area contributed by atoms with Crippen LogP contribution in [0.3, 0.4) is 0 Å². The molecule has 0 aliphatic carbocycles. The first-order valence-electron chi connectivity index (χ1n) is 8.51. The van der Waals surface area contributed by atoms with Crippen molar-refractivity contribution in [1.82, 2.24) is 9.97 Å². The highest BCUT2D eigenvalue weighted by molar-refractivity contribution is 7.91. The van der Waals surface area contributed by atoms with E-state index in [1.54, 1.807) is 0 Å². The van der Waals surface area contributed by atoms with Gasteiger partial charge in [-0.25, -0.2) is 13.4 Å². The Morgan fingerprint density at radius 3 is 2.70 bits per heavy atom. The molecule has 0 spiro atoms. The summed E-state index contributed by atoms with van der Waals surface area (Å²) in [5, 5.41) is 3.28. The first kappa shape index (κ1) is 18.0. The van der Waals surface area contributed by atoms with Crippen molar-refractivity contribution >= 4 is 21.6 Å². The van der Waals surface area contributed by atoms with Gasteiger partial charge in [-0.15, -0.1) is 0 Å². The van der Waals surface area contributed by atoms with Gasteiger partial charge < -0.3 is 10.2 Å². The van der Waals surface area contributed by atoms with E-state index in [1.165, 1.54) is 12.8 Å². The maximum Gasteiger partial charge on any atom is 0.224 e. The Hall–Kier alpha value is -1.37. The number of hydrogen-bond acceptors (Lipinski definition) is 6. The van der Waals surface area contributed by atoms with Gasteiger partial charge >= 0.3 is 0 Å². The van der Waals surface area contributed by atoms with Gasteiger partial charge in [-0.3, -0.25) is 0 Å². The van der Waals surface area contributed by atoms with Gasteiger partial charge in [0.1, 0.15) is 5.82 Å². The molecule has 6 nitrogen and oxygen atoms in total. The summed E-state index contributed by atoms with van der Waals surface area (Å²) in [6, 6.07) is 1.96. The fourth-order valence-electron chi connectivity index (χ4n) is 2.98. The molecule has 1 saturated heterocycles. The van der Waals surface area contributed by atoms with Gasteiger partial charge in [0.05, 0.1) is 11.5 Å². The first-order valence-corrected chi connectivity index (χ1v) is 10.3. The fraction of sp³-hybridized carbons (Fsp3) is 0.750. The third-order valence-electron chi connectivity index (χ3n) is 4.19. The molecule has 1 aliphatic heterocycles. The van der Waals surface area contributed by atoms with Crippen molar-refractivity contribution < 1.29 is 8.42 Å². The molecule has 1 aromatic heterocycles. The largest absolute Gasteiger partial charge is 0.354 e. The maximum atomic E-state index is 11.8. The smallest absolute Gasteiger partial charge is 0.224 e. The highest BCUT2D eigenvalue weighted by Gasteiger charge is 2.32. The molecule has 2 rings (SSSR count). The Kier molecular flexibility index (Phi) is 6.21. The van der Waals surface area contributed by atoms with Crippen LogP contribution in [0.5, 0.6) is 0 Å². The van der Waals surface area contributed by atoms with E-state index in [4.69, 9.17) is 0 Å². The van der Waals surface area contributed by atoms with E-state index in [0.29, 0.717) is 12.4 Å². The van der Waals surface area contributed by atoms with E-state index >= 15 is 0 Å². The normalized spacial score (nSPS) is 19.7. The van der Waals surface area contributed by atoms with Crippen LogP contribution < -0.4 is 10.2 Å². The number of sulfone groups is 1. The van der Waals surface area contributed by atoms with Gasteiger partial charge in [0.25, 0.3) is 0 Å². The molecule has 23 heavy (non-hydrogen) atoms. The first-order chi connectivity index (χ1) is 10.9. The Morgan fingerprint density at radius 2 is 2.09 bits per heavy atom. The van der Waals surface area contributed by atoms with E-state index in [9.17, 15) is 8.42 Å². The van der Waals surface area contributed by atoms with E-state index in [0.717, 1.165) is 31.0 Å². The number of aromatic nitrogens is 2. The van der Waals surface area contributed by atoms with Gasteiger partial charge in [0, 0.05) is 30.9 Å². The second-order valence-corrected chi connectivity index (χ2v) is 8.40. The van der Waals surface area contributed by atoms with Crippen molar-refractivity contribution in [3.8, 4) is 0 Å². The van der Waals surface area contributed by atoms with E-state index in [2.05, 4.69) is 27.1 Å². The Morgan fingerprint density at radius 1 is 1.30 bits per heavy atom. The number of anilines is 2. The van der Waals surface area contributed by atoms with Crippen molar-refractivity contribution in [1.29, 1.82) is 0 Å². The average molecular weight is 340 g/mol. The quantitative estimate of drug-likeness (QED) is 0.733. The lowest BCUT2D eigenvalue weighted by molar-refractivity contribution is 0.599. The van der Waals surface area contributed by atoms with Crippen LogP contribution in [0.15, 0.2) is 6.07 Å². The summed E-state index contributed by atoms with van der Waals surface area (Å²) in [5.74, 6) is 1.96. The zero-order chi connectivity index (χ0) is 16.9. The van der Waals surface area contributed by atoms with Crippen LogP contribution in [0.25, 0.3) is 0 Å². The van der Waals surface area contributed by atoms with Gasteiger partial charge in [0.2, 0.25) is 5.95 Å². The molecule has 0 bridgehead atoms. The molecule has 0 radical (unpaired) electrons. The van der Waals surface area contributed by atoms with Crippen molar-refractivity contribution in [3.63, 3.8) is 0 Å². The minimum Gasteiger partial charge on any atom is -0.354 e. The summed E-state index contributed by atoms with van der Waals surface area (Å²) in [7, 11) is -2.90. The molecule has 7 heteroatoms. The number of unbranched alkanes of at least 4 members (excludes halogenated alkanes) is 2. The molecule has 130 valence electrons. The summed E-state index contributed by atoms with van der Waals surface area (Å²) in [6.45, 7) is 7.76. The van der Waals surface area contributed by atoms with E-state index in [-0.39, 0.29) is 17.5 Å². The number of rotatable bonds is 8. The topological polar surface area (TPSA) is 75.2 Å².